The van der Waals surface area contributed by atoms with E-state index in [0.29, 0.717) is 15.6 Å². The van der Waals surface area contributed by atoms with Crippen LogP contribution in [0, 0.1) is 6.92 Å². The fourth-order valence-electron chi connectivity index (χ4n) is 0.759. The fourth-order valence-corrected chi connectivity index (χ4v) is 1.35. The summed E-state index contributed by atoms with van der Waals surface area (Å²) in [4.78, 5) is 10.7. The highest BCUT2D eigenvalue weighted by molar-refractivity contribution is 6.68. The molecule has 1 rings (SSSR count). The van der Waals surface area contributed by atoms with Gasteiger partial charge in [-0.25, -0.2) is 0 Å². The van der Waals surface area contributed by atoms with E-state index >= 15 is 0 Å². The molecule has 1 aromatic carbocycles. The molecule has 0 aromatic heterocycles. The van der Waals surface area contributed by atoms with Crippen LogP contribution in [0.3, 0.4) is 0 Å². The predicted molar refractivity (Wildman–Crippen MR) is 51.4 cm³/mol. The normalized spacial score (nSPS) is 10.0. The minimum absolute atomic E-state index is 0.317. The SMILES string of the molecule is Cc1c(Cl)cc(C(=O)Cl)cc1Cl. The van der Waals surface area contributed by atoms with Crippen molar-refractivity contribution in [1.82, 2.24) is 0 Å². The average molecular weight is 223 g/mol. The van der Waals surface area contributed by atoms with Crippen molar-refractivity contribution in [2.45, 2.75) is 6.92 Å². The Kier molecular flexibility index (Phi) is 2.99. The van der Waals surface area contributed by atoms with Crippen LogP contribution in [0.1, 0.15) is 15.9 Å². The van der Waals surface area contributed by atoms with Crippen molar-refractivity contribution in [2.24, 2.45) is 0 Å². The maximum absolute atomic E-state index is 10.7. The Morgan fingerprint density at radius 3 is 2.00 bits per heavy atom. The zero-order valence-electron chi connectivity index (χ0n) is 6.20. The molecule has 0 radical (unpaired) electrons. The first-order chi connectivity index (χ1) is 5.52. The van der Waals surface area contributed by atoms with Gasteiger partial charge < -0.3 is 0 Å². The van der Waals surface area contributed by atoms with Gasteiger partial charge >= 0.3 is 0 Å². The van der Waals surface area contributed by atoms with Crippen LogP contribution >= 0.6 is 34.8 Å². The highest BCUT2D eigenvalue weighted by Crippen LogP contribution is 2.26. The molecular weight excluding hydrogens is 218 g/mol. The average Bonchev–Trinajstić information content (AvgIpc) is 1.99. The zero-order valence-corrected chi connectivity index (χ0v) is 8.46. The molecule has 0 N–H and O–H groups in total. The van der Waals surface area contributed by atoms with E-state index in [1.54, 1.807) is 6.92 Å². The standard InChI is InChI=1S/C8H5Cl3O/c1-4-6(9)2-5(8(11)12)3-7(4)10/h2-3H,1H3. The van der Waals surface area contributed by atoms with Gasteiger partial charge in [-0.05, 0) is 36.2 Å². The third-order valence-electron chi connectivity index (χ3n) is 1.51. The van der Waals surface area contributed by atoms with E-state index in [-0.39, 0.29) is 0 Å². The molecular formula is C8H5Cl3O. The minimum atomic E-state index is -0.557. The van der Waals surface area contributed by atoms with Gasteiger partial charge in [0.2, 0.25) is 0 Å². The molecule has 0 spiro atoms. The number of rotatable bonds is 1. The smallest absolute Gasteiger partial charge is 0.252 e. The number of carbonyl (C=O) groups is 1. The van der Waals surface area contributed by atoms with Crippen LogP contribution in [0.15, 0.2) is 12.1 Å². The van der Waals surface area contributed by atoms with E-state index in [0.717, 1.165) is 5.56 Å². The fraction of sp³-hybridized carbons (Fsp3) is 0.125. The molecule has 0 aliphatic heterocycles. The van der Waals surface area contributed by atoms with E-state index in [4.69, 9.17) is 34.8 Å². The summed E-state index contributed by atoms with van der Waals surface area (Å²) in [7, 11) is 0. The molecule has 0 amide bonds. The lowest BCUT2D eigenvalue weighted by molar-refractivity contribution is 0.108. The molecule has 0 aliphatic rings. The van der Waals surface area contributed by atoms with E-state index in [9.17, 15) is 4.79 Å². The first-order valence-electron chi connectivity index (χ1n) is 3.18. The maximum Gasteiger partial charge on any atom is 0.252 e. The molecule has 4 heteroatoms. The Labute approximate surface area is 85.2 Å². The molecule has 0 unspecified atom stereocenters. The first kappa shape index (κ1) is 9.85. The van der Waals surface area contributed by atoms with Gasteiger partial charge in [0, 0.05) is 15.6 Å². The third-order valence-corrected chi connectivity index (χ3v) is 2.51. The van der Waals surface area contributed by atoms with E-state index in [1.807, 2.05) is 0 Å². The molecule has 0 saturated carbocycles. The van der Waals surface area contributed by atoms with Crippen LogP contribution < -0.4 is 0 Å². The summed E-state index contributed by atoms with van der Waals surface area (Å²) in [6.45, 7) is 1.77. The third kappa shape index (κ3) is 1.92. The van der Waals surface area contributed by atoms with Gasteiger partial charge in [-0.1, -0.05) is 23.2 Å². The zero-order chi connectivity index (χ0) is 9.30. The summed E-state index contributed by atoms with van der Waals surface area (Å²) in [6.07, 6.45) is 0. The monoisotopic (exact) mass is 222 g/mol. The molecule has 64 valence electrons. The highest BCUT2D eigenvalue weighted by atomic mass is 35.5. The Hall–Kier alpha value is -0.240. The summed E-state index contributed by atoms with van der Waals surface area (Å²) in [5.41, 5.74) is 1.07. The number of hydrogen-bond acceptors (Lipinski definition) is 1. The topological polar surface area (TPSA) is 17.1 Å². The summed E-state index contributed by atoms with van der Waals surface area (Å²) >= 11 is 16.8. The Morgan fingerprint density at radius 1 is 1.25 bits per heavy atom. The molecule has 0 saturated heterocycles. The second-order valence-corrected chi connectivity index (χ2v) is 3.50. The van der Waals surface area contributed by atoms with E-state index < -0.39 is 5.24 Å². The van der Waals surface area contributed by atoms with Gasteiger partial charge in [0.25, 0.3) is 5.24 Å². The van der Waals surface area contributed by atoms with Crippen molar-refractivity contribution in [3.05, 3.63) is 33.3 Å². The highest BCUT2D eigenvalue weighted by Gasteiger charge is 2.07. The molecule has 0 fully saturated rings. The molecule has 1 nitrogen and oxygen atoms in total. The molecule has 1 aromatic rings. The van der Waals surface area contributed by atoms with Crippen LogP contribution in [0.4, 0.5) is 0 Å². The molecule has 0 aliphatic carbocycles. The van der Waals surface area contributed by atoms with Gasteiger partial charge in [-0.15, -0.1) is 0 Å². The van der Waals surface area contributed by atoms with Crippen molar-refractivity contribution < 1.29 is 4.79 Å². The van der Waals surface area contributed by atoms with Gasteiger partial charge in [0.05, 0.1) is 0 Å². The van der Waals surface area contributed by atoms with Crippen molar-refractivity contribution in [3.8, 4) is 0 Å². The van der Waals surface area contributed by atoms with Crippen LogP contribution in [-0.2, 0) is 0 Å². The molecule has 0 bridgehead atoms. The van der Waals surface area contributed by atoms with Crippen LogP contribution in [0.2, 0.25) is 10.0 Å². The van der Waals surface area contributed by atoms with Gasteiger partial charge in [-0.2, -0.15) is 0 Å². The molecule has 0 atom stereocenters. The Balaban J connectivity index is 3.31. The first-order valence-corrected chi connectivity index (χ1v) is 4.31. The Morgan fingerprint density at radius 2 is 1.67 bits per heavy atom. The lowest BCUT2D eigenvalue weighted by atomic mass is 10.2. The lowest BCUT2D eigenvalue weighted by Gasteiger charge is -2.02. The van der Waals surface area contributed by atoms with Gasteiger partial charge in [-0.3, -0.25) is 4.79 Å². The number of benzene rings is 1. The van der Waals surface area contributed by atoms with Crippen molar-refractivity contribution in [2.75, 3.05) is 0 Å². The van der Waals surface area contributed by atoms with Crippen LogP contribution in [0.5, 0.6) is 0 Å². The van der Waals surface area contributed by atoms with Crippen molar-refractivity contribution >= 4 is 40.0 Å². The van der Waals surface area contributed by atoms with Crippen molar-refractivity contribution in [3.63, 3.8) is 0 Å². The Bertz CT molecular complexity index is 310. The second kappa shape index (κ2) is 3.65. The predicted octanol–water partition coefficient (Wildman–Crippen LogP) is 3.68. The maximum atomic E-state index is 10.7. The summed E-state index contributed by atoms with van der Waals surface area (Å²) in [5, 5.41) is 0.344. The molecule has 0 heterocycles. The minimum Gasteiger partial charge on any atom is -0.276 e. The number of hydrogen-bond donors (Lipinski definition) is 0. The van der Waals surface area contributed by atoms with E-state index in [1.165, 1.54) is 12.1 Å². The van der Waals surface area contributed by atoms with Gasteiger partial charge in [0.15, 0.2) is 0 Å². The van der Waals surface area contributed by atoms with Crippen LogP contribution in [-0.4, -0.2) is 5.24 Å². The lowest BCUT2D eigenvalue weighted by Crippen LogP contribution is -1.90. The second-order valence-electron chi connectivity index (χ2n) is 2.34. The number of carbonyl (C=O) groups excluding carboxylic acids is 1. The summed E-state index contributed by atoms with van der Waals surface area (Å²) in [5.74, 6) is 0. The van der Waals surface area contributed by atoms with Crippen molar-refractivity contribution in [1.29, 1.82) is 0 Å². The summed E-state index contributed by atoms with van der Waals surface area (Å²) < 4.78 is 0. The molecule has 12 heavy (non-hydrogen) atoms. The number of halogens is 3. The van der Waals surface area contributed by atoms with Crippen LogP contribution in [0.25, 0.3) is 0 Å². The quantitative estimate of drug-likeness (QED) is 0.664. The largest absolute Gasteiger partial charge is 0.276 e. The van der Waals surface area contributed by atoms with E-state index in [2.05, 4.69) is 0 Å². The summed E-state index contributed by atoms with van der Waals surface area (Å²) in [6, 6.07) is 3.00. The van der Waals surface area contributed by atoms with Gasteiger partial charge in [0.1, 0.15) is 0 Å².